The Morgan fingerprint density at radius 1 is 1.15 bits per heavy atom. The van der Waals surface area contributed by atoms with Gasteiger partial charge in [-0.2, -0.15) is 13.2 Å². The molecule has 1 atom stereocenters. The van der Waals surface area contributed by atoms with E-state index in [0.717, 1.165) is 12.1 Å². The van der Waals surface area contributed by atoms with Crippen LogP contribution in [0.3, 0.4) is 0 Å². The van der Waals surface area contributed by atoms with E-state index in [1.165, 1.54) is 36.3 Å². The van der Waals surface area contributed by atoms with E-state index in [2.05, 4.69) is 0 Å². The van der Waals surface area contributed by atoms with Crippen LogP contribution in [0.5, 0.6) is 5.95 Å². The number of benzene rings is 1. The van der Waals surface area contributed by atoms with Crippen LogP contribution in [-0.4, -0.2) is 36.8 Å². The zero-order valence-electron chi connectivity index (χ0n) is 14.6. The first-order valence-electron chi connectivity index (χ1n) is 8.44. The van der Waals surface area contributed by atoms with Crippen LogP contribution in [0.25, 0.3) is 0 Å². The van der Waals surface area contributed by atoms with E-state index in [1.54, 1.807) is 0 Å². The van der Waals surface area contributed by atoms with Crippen molar-refractivity contribution in [1.29, 1.82) is 0 Å². The fourth-order valence-corrected chi connectivity index (χ4v) is 3.14. The van der Waals surface area contributed by atoms with Crippen molar-refractivity contribution in [3.63, 3.8) is 0 Å². The van der Waals surface area contributed by atoms with Gasteiger partial charge >= 0.3 is 6.18 Å². The topological polar surface area (TPSA) is 59.8 Å². The van der Waals surface area contributed by atoms with Crippen molar-refractivity contribution in [2.45, 2.75) is 19.0 Å². The summed E-state index contributed by atoms with van der Waals surface area (Å²) in [7, 11) is 1.42. The van der Waals surface area contributed by atoms with E-state index < -0.39 is 17.7 Å². The predicted octanol–water partition coefficient (Wildman–Crippen LogP) is 4.04. The number of amides is 1. The molecule has 1 amide bonds. The molecule has 0 aliphatic carbocycles. The summed E-state index contributed by atoms with van der Waals surface area (Å²) in [5.41, 5.74) is -0.590. The lowest BCUT2D eigenvalue weighted by Gasteiger charge is -2.31. The Kier molecular flexibility index (Phi) is 5.25. The third kappa shape index (κ3) is 4.15. The molecular weight excluding hydrogens is 363 g/mol. The van der Waals surface area contributed by atoms with Gasteiger partial charge in [-0.05, 0) is 31.0 Å². The van der Waals surface area contributed by atoms with Crippen molar-refractivity contribution in [3.05, 3.63) is 53.3 Å². The SMILES string of the molecule is COc1ccc(C(=O)N2CCC[C@H](C(=O)c3ccc(C(F)(F)F)cc3)C2)o1. The lowest BCUT2D eigenvalue weighted by molar-refractivity contribution is -0.137. The maximum Gasteiger partial charge on any atom is 0.416 e. The Morgan fingerprint density at radius 3 is 2.44 bits per heavy atom. The van der Waals surface area contributed by atoms with Crippen molar-refractivity contribution >= 4 is 11.7 Å². The molecule has 0 radical (unpaired) electrons. The standard InChI is InChI=1S/C19H18F3NO4/c1-26-16-9-8-15(27-16)18(25)23-10-2-3-13(11-23)17(24)12-4-6-14(7-5-12)19(20,21)22/h4-9,13H,2-3,10-11H2,1H3/t13-/m0/s1. The quantitative estimate of drug-likeness (QED) is 0.750. The Bertz CT molecular complexity index is 826. The number of alkyl halides is 3. The first-order chi connectivity index (χ1) is 12.8. The second-order valence-electron chi connectivity index (χ2n) is 6.35. The molecule has 2 heterocycles. The molecule has 2 aromatic rings. The number of Topliss-reactive ketones (excluding diaryl/α,β-unsaturated/α-hetero) is 1. The van der Waals surface area contributed by atoms with Gasteiger partial charge in [-0.3, -0.25) is 9.59 Å². The largest absolute Gasteiger partial charge is 0.468 e. The molecule has 0 saturated carbocycles. The summed E-state index contributed by atoms with van der Waals surface area (Å²) < 4.78 is 48.2. The minimum atomic E-state index is -4.44. The minimum Gasteiger partial charge on any atom is -0.468 e. The summed E-state index contributed by atoms with van der Waals surface area (Å²) >= 11 is 0. The molecule has 1 aromatic heterocycles. The van der Waals surface area contributed by atoms with Crippen molar-refractivity contribution in [2.75, 3.05) is 20.2 Å². The van der Waals surface area contributed by atoms with Gasteiger partial charge in [0.05, 0.1) is 12.7 Å². The maximum atomic E-state index is 12.7. The number of halogens is 3. The third-order valence-electron chi connectivity index (χ3n) is 4.57. The molecule has 1 fully saturated rings. The number of nitrogens with zero attached hydrogens (tertiary/aromatic N) is 1. The predicted molar refractivity (Wildman–Crippen MR) is 89.7 cm³/mol. The minimum absolute atomic E-state index is 0.120. The summed E-state index contributed by atoms with van der Waals surface area (Å²) in [6.07, 6.45) is -3.24. The first kappa shape index (κ1) is 19.0. The molecule has 0 N–H and O–H groups in total. The number of methoxy groups -OCH3 is 1. The highest BCUT2D eigenvalue weighted by atomic mass is 19.4. The zero-order valence-corrected chi connectivity index (χ0v) is 14.6. The van der Waals surface area contributed by atoms with E-state index in [0.29, 0.717) is 19.4 Å². The van der Waals surface area contributed by atoms with Crippen LogP contribution in [0.15, 0.2) is 40.8 Å². The summed E-state index contributed by atoms with van der Waals surface area (Å²) in [5.74, 6) is -0.736. The zero-order chi connectivity index (χ0) is 19.6. The fraction of sp³-hybridized carbons (Fsp3) is 0.368. The van der Waals surface area contributed by atoms with Gasteiger partial charge < -0.3 is 14.1 Å². The Morgan fingerprint density at radius 2 is 1.85 bits per heavy atom. The van der Waals surface area contributed by atoms with Gasteiger partial charge in [-0.25, -0.2) is 0 Å². The number of likely N-dealkylation sites (tertiary alicyclic amines) is 1. The van der Waals surface area contributed by atoms with Gasteiger partial charge in [0.25, 0.3) is 11.9 Å². The van der Waals surface area contributed by atoms with Gasteiger partial charge in [0.2, 0.25) is 0 Å². The molecular formula is C19H18F3NO4. The van der Waals surface area contributed by atoms with Gasteiger partial charge in [0.1, 0.15) is 0 Å². The van der Waals surface area contributed by atoms with Crippen molar-refractivity contribution in [1.82, 2.24) is 4.90 Å². The number of hydrogen-bond acceptors (Lipinski definition) is 4. The summed E-state index contributed by atoms with van der Waals surface area (Å²) in [6, 6.07) is 7.19. The number of rotatable bonds is 4. The molecule has 0 spiro atoms. The Labute approximate surface area is 153 Å². The maximum absolute atomic E-state index is 12.7. The van der Waals surface area contributed by atoms with E-state index in [9.17, 15) is 22.8 Å². The summed E-state index contributed by atoms with van der Waals surface area (Å²) in [4.78, 5) is 26.7. The molecule has 1 saturated heterocycles. The third-order valence-corrected chi connectivity index (χ3v) is 4.57. The van der Waals surface area contributed by atoms with E-state index >= 15 is 0 Å². The number of piperidine rings is 1. The van der Waals surface area contributed by atoms with Gasteiger partial charge in [-0.15, -0.1) is 0 Å². The van der Waals surface area contributed by atoms with Gasteiger partial charge in [0, 0.05) is 30.6 Å². The fourth-order valence-electron chi connectivity index (χ4n) is 3.14. The average molecular weight is 381 g/mol. The van der Waals surface area contributed by atoms with Crippen LogP contribution in [-0.2, 0) is 6.18 Å². The smallest absolute Gasteiger partial charge is 0.416 e. The van der Waals surface area contributed by atoms with E-state index in [4.69, 9.17) is 9.15 Å². The van der Waals surface area contributed by atoms with Crippen molar-refractivity contribution in [3.8, 4) is 5.95 Å². The number of hydrogen-bond donors (Lipinski definition) is 0. The summed E-state index contributed by atoms with van der Waals surface area (Å²) in [6.45, 7) is 0.681. The number of carbonyl (C=O) groups is 2. The first-order valence-corrected chi connectivity index (χ1v) is 8.44. The van der Waals surface area contributed by atoms with Crippen LogP contribution < -0.4 is 4.74 Å². The highest BCUT2D eigenvalue weighted by Crippen LogP contribution is 2.30. The van der Waals surface area contributed by atoms with Gasteiger partial charge in [-0.1, -0.05) is 12.1 Å². The molecule has 1 aliphatic rings. The number of furan rings is 1. The van der Waals surface area contributed by atoms with Crippen LogP contribution in [0.4, 0.5) is 13.2 Å². The molecule has 1 aliphatic heterocycles. The van der Waals surface area contributed by atoms with Gasteiger partial charge in [0.15, 0.2) is 11.5 Å². The van der Waals surface area contributed by atoms with E-state index in [-0.39, 0.29) is 35.5 Å². The molecule has 1 aromatic carbocycles. The highest BCUT2D eigenvalue weighted by molar-refractivity contribution is 5.99. The molecule has 5 nitrogen and oxygen atoms in total. The second kappa shape index (κ2) is 7.46. The highest BCUT2D eigenvalue weighted by Gasteiger charge is 2.32. The lowest BCUT2D eigenvalue weighted by atomic mass is 9.89. The van der Waals surface area contributed by atoms with E-state index in [1.807, 2.05) is 0 Å². The van der Waals surface area contributed by atoms with Crippen molar-refractivity contribution < 1.29 is 31.9 Å². The normalized spacial score (nSPS) is 17.6. The summed E-state index contributed by atoms with van der Waals surface area (Å²) in [5, 5.41) is 0. The van der Waals surface area contributed by atoms with Crippen molar-refractivity contribution in [2.24, 2.45) is 5.92 Å². The molecule has 144 valence electrons. The molecule has 0 bridgehead atoms. The average Bonchev–Trinajstić information content (AvgIpc) is 3.15. The van der Waals surface area contributed by atoms with Crippen LogP contribution in [0.1, 0.15) is 39.3 Å². The van der Waals surface area contributed by atoms with Crippen LogP contribution in [0.2, 0.25) is 0 Å². The Hall–Kier alpha value is -2.77. The Balaban J connectivity index is 1.70. The lowest BCUT2D eigenvalue weighted by Crippen LogP contribution is -2.42. The molecule has 0 unspecified atom stereocenters. The van der Waals surface area contributed by atoms with Crippen LogP contribution >= 0.6 is 0 Å². The van der Waals surface area contributed by atoms with Crippen LogP contribution in [0, 0.1) is 5.92 Å². The second-order valence-corrected chi connectivity index (χ2v) is 6.35. The molecule has 8 heteroatoms. The number of ketones is 1. The monoisotopic (exact) mass is 381 g/mol. The molecule has 3 rings (SSSR count). The number of carbonyl (C=O) groups excluding carboxylic acids is 2. The molecule has 27 heavy (non-hydrogen) atoms. The number of ether oxygens (including phenoxy) is 1.